The average Bonchev–Trinajstić information content (AvgIpc) is 1.29. The number of benzene rings is 21. The minimum Gasteiger partial charge on any atom is -0.504 e. The quantitative estimate of drug-likeness (QED) is 0.0363. The van der Waals surface area contributed by atoms with Crippen LogP contribution in [-0.2, 0) is 6.42 Å². The summed E-state index contributed by atoms with van der Waals surface area (Å²) in [7, 11) is 0. The van der Waals surface area contributed by atoms with Gasteiger partial charge >= 0.3 is 0 Å². The Hall–Kier alpha value is -17.6. The third-order valence-electron chi connectivity index (χ3n) is 26.0. The first-order chi connectivity index (χ1) is 63.4. The highest BCUT2D eigenvalue weighted by atomic mass is 16.4. The fourth-order valence-electron chi connectivity index (χ4n) is 20.2. The number of hydrogen-bond acceptors (Lipinski definition) is 15. The first kappa shape index (κ1) is 79.6. The van der Waals surface area contributed by atoms with Crippen LogP contribution < -0.4 is 0 Å². The molecule has 15 N–H and O–H groups in total. The number of aromatic hydroxyl groups is 15. The molecule has 0 saturated carbocycles. The first-order valence-electron chi connectivity index (χ1n) is 42.4. The van der Waals surface area contributed by atoms with E-state index in [9.17, 15) is 76.6 Å². The topological polar surface area (TPSA) is 303 Å². The third-order valence-corrected chi connectivity index (χ3v) is 26.0. The Morgan fingerprint density at radius 1 is 0.185 bits per heavy atom. The van der Waals surface area contributed by atoms with Gasteiger partial charge in [-0.1, -0.05) is 358 Å². The molecule has 23 rings (SSSR count). The van der Waals surface area contributed by atoms with Gasteiger partial charge in [-0.05, 0) is 193 Å². The second-order valence-corrected chi connectivity index (χ2v) is 32.8. The second kappa shape index (κ2) is 31.6. The van der Waals surface area contributed by atoms with Crippen molar-refractivity contribution in [3.63, 3.8) is 0 Å². The van der Waals surface area contributed by atoms with E-state index >= 15 is 0 Å². The van der Waals surface area contributed by atoms with E-state index in [1.54, 1.807) is 6.07 Å². The highest BCUT2D eigenvalue weighted by molar-refractivity contribution is 6.28. The molecule has 15 heteroatoms. The molecule has 0 heterocycles. The first-order valence-corrected chi connectivity index (χ1v) is 42.4. The highest BCUT2D eigenvalue weighted by Gasteiger charge is 2.38. The van der Waals surface area contributed by atoms with Crippen molar-refractivity contribution in [1.82, 2.24) is 0 Å². The summed E-state index contributed by atoms with van der Waals surface area (Å²) in [5.74, 6) is -12.1. The number of allylic oxidation sites excluding steroid dienone is 4. The third kappa shape index (κ3) is 12.6. The molecule has 21 aromatic carbocycles. The van der Waals surface area contributed by atoms with Crippen LogP contribution in [0.25, 0.3) is 192 Å². The lowest BCUT2D eigenvalue weighted by Gasteiger charge is -2.25. The van der Waals surface area contributed by atoms with Gasteiger partial charge in [-0.2, -0.15) is 0 Å². The molecule has 0 fully saturated rings. The van der Waals surface area contributed by atoms with Crippen molar-refractivity contribution in [3.05, 3.63) is 375 Å². The maximum atomic E-state index is 11.0. The van der Waals surface area contributed by atoms with Gasteiger partial charge in [0.25, 0.3) is 0 Å². The summed E-state index contributed by atoms with van der Waals surface area (Å²) in [4.78, 5) is 0. The molecule has 15 nitrogen and oxygen atoms in total. The summed E-state index contributed by atoms with van der Waals surface area (Å²) in [6, 6.07) is 114. The van der Waals surface area contributed by atoms with Crippen LogP contribution in [0.1, 0.15) is 22.6 Å². The monoisotopic (exact) mass is 1700 g/mol. The predicted octanol–water partition coefficient (Wildman–Crippen LogP) is 27.3. The van der Waals surface area contributed by atoms with E-state index in [4.69, 9.17) is 0 Å². The number of hydrogen-bond donors (Lipinski definition) is 15. The molecule has 0 radical (unpaired) electrons. The number of rotatable bonds is 9. The van der Waals surface area contributed by atoms with Gasteiger partial charge in [-0.15, -0.1) is 0 Å². The minimum atomic E-state index is -0.987. The molecule has 21 aromatic rings. The lowest BCUT2D eigenvalue weighted by molar-refractivity contribution is 0.330. The van der Waals surface area contributed by atoms with Crippen LogP contribution in [0.3, 0.4) is 0 Å². The largest absolute Gasteiger partial charge is 0.504 e. The van der Waals surface area contributed by atoms with Crippen molar-refractivity contribution < 1.29 is 76.6 Å². The van der Waals surface area contributed by atoms with Crippen molar-refractivity contribution in [2.45, 2.75) is 12.3 Å². The number of phenolic OH excluding ortho intramolecular Hbond substituents is 15. The molecule has 0 spiro atoms. The van der Waals surface area contributed by atoms with Crippen LogP contribution in [0.15, 0.2) is 358 Å². The van der Waals surface area contributed by atoms with Crippen molar-refractivity contribution in [2.24, 2.45) is 5.92 Å². The molecule has 0 bridgehead atoms. The van der Waals surface area contributed by atoms with Crippen LogP contribution in [0.2, 0.25) is 0 Å². The Balaban J connectivity index is 0.000000119. The van der Waals surface area contributed by atoms with Gasteiger partial charge in [0.05, 0.1) is 16.7 Å². The lowest BCUT2D eigenvalue weighted by atomic mass is 9.78. The molecular formula is C115H78O15. The summed E-state index contributed by atoms with van der Waals surface area (Å²) in [5, 5.41) is 175. The minimum absolute atomic E-state index is 0.154. The fraction of sp³-hybridized carbons (Fsp3) is 0.0261. The molecule has 2 unspecified atom stereocenters. The summed E-state index contributed by atoms with van der Waals surface area (Å²) in [6.07, 6.45) is 7.75. The molecule has 2 aliphatic rings. The number of fused-ring (bicyclic) bond motifs is 12. The molecule has 628 valence electrons. The standard InChI is InChI=1S/C43H30O5.2C36H24O5/c44-39-38(40(45)42(47)43(48)41(39)46)37-32-14-5-3-12-30(32)36(31-13-4-6-15-33(31)37)25-20-19-24-21-35-28(17-8-18-29(35)34(24)22-25)27-16-7-10-23-9-1-2-11-26(23)27;37-32-31(33(38)35(40)36(41)34(32)39)30-26-16-8-6-14-24(26)29(25-15-7-9-17-27(25)30)28-19-18-21(20-10-2-1-3-11-20)22-12-4-5-13-23(22)28;37-32-31(33(38)35(40)36(41)34(32)39)28-19-18-27(21-12-4-5-13-22(21)28)30-25-16-8-6-14-23(25)29(20-10-2-1-3-11-20)24-15-7-9-17-26(24)30/h1-20,22,29,35,44-48H,21H2;2*1-19,37-41H. The Labute approximate surface area is 742 Å². The molecule has 0 amide bonds. The van der Waals surface area contributed by atoms with Crippen LogP contribution >= 0.6 is 0 Å². The van der Waals surface area contributed by atoms with E-state index in [0.29, 0.717) is 49.5 Å². The van der Waals surface area contributed by atoms with Gasteiger partial charge in [0.15, 0.2) is 34.5 Å². The summed E-state index contributed by atoms with van der Waals surface area (Å²) in [5.41, 5.74) is 16.6. The zero-order valence-electron chi connectivity index (χ0n) is 69.1. The van der Waals surface area contributed by atoms with E-state index in [1.165, 1.54) is 33.0 Å². The SMILES string of the molecule is Oc1c(O)c(O)c(-c2c3ccccc3c(-c3ccc(-c4ccccc4)c4ccccc34)c3ccccc23)c(O)c1O.Oc1c(O)c(O)c(-c2c3ccccc3c(-c3ccc4c(c3)C3C=CC=C(c5cccc6ccccc56)C3C4)c3ccccc23)c(O)c1O.Oc1c(O)c(O)c(-c2ccc(-c3c4ccccc4c(-c4ccccc4)c4ccccc34)c3ccccc23)c(O)c1O. The fourth-order valence-corrected chi connectivity index (χ4v) is 20.2. The van der Waals surface area contributed by atoms with Crippen molar-refractivity contribution in [3.8, 4) is 175 Å². The van der Waals surface area contributed by atoms with Crippen LogP contribution in [-0.4, -0.2) is 76.6 Å². The number of phenols is 15. The van der Waals surface area contributed by atoms with Crippen molar-refractivity contribution in [1.29, 1.82) is 0 Å². The maximum absolute atomic E-state index is 11.0. The Morgan fingerprint density at radius 3 is 0.862 bits per heavy atom. The molecule has 0 saturated heterocycles. The predicted molar refractivity (Wildman–Crippen MR) is 519 cm³/mol. The smallest absolute Gasteiger partial charge is 0.208 e. The zero-order valence-corrected chi connectivity index (χ0v) is 69.1. The van der Waals surface area contributed by atoms with E-state index < -0.39 is 86.2 Å². The van der Waals surface area contributed by atoms with E-state index in [0.717, 1.165) is 121 Å². The van der Waals surface area contributed by atoms with Gasteiger partial charge in [0.2, 0.25) is 51.7 Å². The van der Waals surface area contributed by atoms with E-state index in [-0.39, 0.29) is 22.6 Å². The van der Waals surface area contributed by atoms with E-state index in [2.05, 4.69) is 152 Å². The van der Waals surface area contributed by atoms with Gasteiger partial charge in [-0.25, -0.2) is 0 Å². The van der Waals surface area contributed by atoms with Gasteiger partial charge in [-0.3, -0.25) is 0 Å². The van der Waals surface area contributed by atoms with Gasteiger partial charge in [0, 0.05) is 17.0 Å². The molecular weight excluding hydrogens is 1620 g/mol. The second-order valence-electron chi connectivity index (χ2n) is 32.8. The summed E-state index contributed by atoms with van der Waals surface area (Å²) >= 11 is 0. The lowest BCUT2D eigenvalue weighted by Crippen LogP contribution is -2.11. The Bertz CT molecular complexity index is 8140. The van der Waals surface area contributed by atoms with Gasteiger partial charge in [0.1, 0.15) is 0 Å². The molecule has 130 heavy (non-hydrogen) atoms. The Morgan fingerprint density at radius 2 is 0.469 bits per heavy atom. The summed E-state index contributed by atoms with van der Waals surface area (Å²) in [6.45, 7) is 0. The van der Waals surface area contributed by atoms with Crippen LogP contribution in [0.4, 0.5) is 0 Å². The molecule has 2 aliphatic carbocycles. The molecule has 0 aromatic heterocycles. The van der Waals surface area contributed by atoms with Crippen molar-refractivity contribution in [2.75, 3.05) is 0 Å². The van der Waals surface area contributed by atoms with Gasteiger partial charge < -0.3 is 76.6 Å². The maximum Gasteiger partial charge on any atom is 0.208 e. The van der Waals surface area contributed by atoms with Crippen LogP contribution in [0, 0.1) is 5.92 Å². The zero-order chi connectivity index (χ0) is 89.2. The highest BCUT2D eigenvalue weighted by Crippen LogP contribution is 2.63. The normalized spacial score (nSPS) is 13.4. The summed E-state index contributed by atoms with van der Waals surface area (Å²) < 4.78 is 0. The average molecular weight is 1700 g/mol. The Kier molecular flexibility index (Phi) is 19.3. The molecule has 0 aliphatic heterocycles. The van der Waals surface area contributed by atoms with Crippen LogP contribution in [0.5, 0.6) is 86.2 Å². The molecule has 2 atom stereocenters. The van der Waals surface area contributed by atoms with Crippen molar-refractivity contribution >= 4 is 103 Å². The van der Waals surface area contributed by atoms with E-state index in [1.807, 2.05) is 200 Å².